The minimum Gasteiger partial charge on any atom is -0.304 e. The monoisotopic (exact) mass is 450 g/mol. The molecule has 9 heteroatoms. The summed E-state index contributed by atoms with van der Waals surface area (Å²) in [4.78, 5) is 13.4. The van der Waals surface area contributed by atoms with Gasteiger partial charge < -0.3 is 4.57 Å². The molecule has 0 radical (unpaired) electrons. The maximum Gasteiger partial charge on any atom is 0.174 e. The van der Waals surface area contributed by atoms with E-state index in [0.717, 1.165) is 35.3 Å². The highest BCUT2D eigenvalue weighted by molar-refractivity contribution is 5.65. The van der Waals surface area contributed by atoms with E-state index in [2.05, 4.69) is 20.1 Å². The normalized spacial score (nSPS) is 15.8. The van der Waals surface area contributed by atoms with Gasteiger partial charge in [-0.25, -0.2) is 27.8 Å². The molecule has 1 aliphatic heterocycles. The van der Waals surface area contributed by atoms with Crippen molar-refractivity contribution in [3.05, 3.63) is 88.5 Å². The summed E-state index contributed by atoms with van der Waals surface area (Å²) in [6.07, 6.45) is 8.56. The van der Waals surface area contributed by atoms with Crippen LogP contribution < -0.4 is 0 Å². The highest BCUT2D eigenvalue weighted by atomic mass is 19.2. The number of hydrogen-bond donors (Lipinski definition) is 0. The first-order valence-electron chi connectivity index (χ1n) is 10.6. The Morgan fingerprint density at radius 1 is 1.00 bits per heavy atom. The molecule has 4 aromatic rings. The lowest BCUT2D eigenvalue weighted by molar-refractivity contribution is 0.429. The molecular weight excluding hydrogens is 429 g/mol. The van der Waals surface area contributed by atoms with Gasteiger partial charge in [0.05, 0.1) is 29.1 Å². The Kier molecular flexibility index (Phi) is 5.32. The second-order valence-corrected chi connectivity index (χ2v) is 8.13. The number of imidazole rings is 1. The van der Waals surface area contributed by atoms with Gasteiger partial charge in [-0.3, -0.25) is 4.98 Å². The molecule has 1 atom stereocenters. The zero-order valence-electron chi connectivity index (χ0n) is 18.1. The molecule has 6 nitrogen and oxygen atoms in total. The van der Waals surface area contributed by atoms with Gasteiger partial charge in [-0.05, 0) is 57.0 Å². The first kappa shape index (κ1) is 21.1. The predicted molar refractivity (Wildman–Crippen MR) is 117 cm³/mol. The molecule has 0 aliphatic carbocycles. The summed E-state index contributed by atoms with van der Waals surface area (Å²) in [6, 6.07) is 5.37. The van der Waals surface area contributed by atoms with Crippen LogP contribution in [0.4, 0.5) is 13.2 Å². The summed E-state index contributed by atoms with van der Waals surface area (Å²) in [5.41, 5.74) is 3.56. The van der Waals surface area contributed by atoms with Crippen molar-refractivity contribution < 1.29 is 13.2 Å². The Morgan fingerprint density at radius 3 is 2.58 bits per heavy atom. The Morgan fingerprint density at radius 2 is 1.82 bits per heavy atom. The molecule has 168 valence electrons. The number of pyridine rings is 1. The molecule has 1 aromatic carbocycles. The molecule has 0 spiro atoms. The highest BCUT2D eigenvalue weighted by Gasteiger charge is 2.28. The fourth-order valence-corrected chi connectivity index (χ4v) is 4.19. The lowest BCUT2D eigenvalue weighted by atomic mass is 9.90. The highest BCUT2D eigenvalue weighted by Crippen LogP contribution is 2.34. The van der Waals surface area contributed by atoms with Crippen molar-refractivity contribution in [3.63, 3.8) is 0 Å². The van der Waals surface area contributed by atoms with Crippen LogP contribution in [0.1, 0.15) is 53.1 Å². The smallest absolute Gasteiger partial charge is 0.174 e. The molecule has 0 unspecified atom stereocenters. The van der Waals surface area contributed by atoms with Gasteiger partial charge in [-0.1, -0.05) is 0 Å². The van der Waals surface area contributed by atoms with Crippen LogP contribution in [-0.4, -0.2) is 29.3 Å². The maximum absolute atomic E-state index is 14.4. The number of aromatic nitrogens is 6. The lowest BCUT2D eigenvalue weighted by Gasteiger charge is -2.22. The van der Waals surface area contributed by atoms with Crippen molar-refractivity contribution in [2.45, 2.75) is 39.2 Å². The van der Waals surface area contributed by atoms with Crippen molar-refractivity contribution in [2.24, 2.45) is 0 Å². The SMILES string of the molecule is Cc1cn(-c2ccc(/C=C/c3nc4n(n3)CCC[C@H]4c3cc(F)c(F)cc3F)nc2C)cn1. The van der Waals surface area contributed by atoms with Crippen LogP contribution in [0.2, 0.25) is 0 Å². The minimum absolute atomic E-state index is 0.0976. The molecular formula is C24H21F3N6. The second-order valence-electron chi connectivity index (χ2n) is 8.13. The van der Waals surface area contributed by atoms with Crippen molar-refractivity contribution in [3.8, 4) is 5.69 Å². The number of hydrogen-bond acceptors (Lipinski definition) is 4. The maximum atomic E-state index is 14.4. The molecule has 0 saturated carbocycles. The number of rotatable bonds is 4. The van der Waals surface area contributed by atoms with Gasteiger partial charge in [0.1, 0.15) is 11.6 Å². The first-order chi connectivity index (χ1) is 15.9. The first-order valence-corrected chi connectivity index (χ1v) is 10.6. The summed E-state index contributed by atoms with van der Waals surface area (Å²) in [5, 5.41) is 4.49. The summed E-state index contributed by atoms with van der Waals surface area (Å²) >= 11 is 0. The minimum atomic E-state index is -1.20. The summed E-state index contributed by atoms with van der Waals surface area (Å²) in [7, 11) is 0. The van der Waals surface area contributed by atoms with Crippen LogP contribution in [-0.2, 0) is 6.54 Å². The quantitative estimate of drug-likeness (QED) is 0.411. The third kappa shape index (κ3) is 4.06. The van der Waals surface area contributed by atoms with Crippen molar-refractivity contribution in [2.75, 3.05) is 0 Å². The van der Waals surface area contributed by atoms with Gasteiger partial charge >= 0.3 is 0 Å². The number of fused-ring (bicyclic) bond motifs is 1. The van der Waals surface area contributed by atoms with Gasteiger partial charge in [-0.15, -0.1) is 0 Å². The Hall–Kier alpha value is -3.75. The third-order valence-corrected chi connectivity index (χ3v) is 5.78. The molecule has 4 heterocycles. The van der Waals surface area contributed by atoms with Crippen molar-refractivity contribution >= 4 is 12.2 Å². The van der Waals surface area contributed by atoms with E-state index in [9.17, 15) is 13.2 Å². The molecule has 0 bridgehead atoms. The average Bonchev–Trinajstić information content (AvgIpc) is 3.40. The standard InChI is InChI=1S/C24H21F3N6/c1-14-12-32(13-28-14)22-7-5-16(29-15(22)2)6-8-23-30-24-17(4-3-9-33(24)31-23)18-10-20(26)21(27)11-19(18)25/h5-8,10-13,17H,3-4,9H2,1-2H3/b8-6+/t17-/m0/s1. The Balaban J connectivity index is 1.41. The summed E-state index contributed by atoms with van der Waals surface area (Å²) in [6.45, 7) is 4.49. The number of nitrogens with zero attached hydrogens (tertiary/aromatic N) is 6. The molecule has 0 fully saturated rings. The molecule has 0 amide bonds. The van der Waals surface area contributed by atoms with E-state index >= 15 is 0 Å². The summed E-state index contributed by atoms with van der Waals surface area (Å²) in [5.74, 6) is -2.54. The molecule has 0 saturated heterocycles. The van der Waals surface area contributed by atoms with E-state index in [-0.39, 0.29) is 5.56 Å². The van der Waals surface area contributed by atoms with Crippen LogP contribution in [0.5, 0.6) is 0 Å². The zero-order chi connectivity index (χ0) is 23.1. The Labute approximate surface area is 188 Å². The zero-order valence-corrected chi connectivity index (χ0v) is 18.1. The van der Waals surface area contributed by atoms with Crippen LogP contribution in [0, 0.1) is 31.3 Å². The van der Waals surface area contributed by atoms with E-state index in [1.54, 1.807) is 17.1 Å². The predicted octanol–water partition coefficient (Wildman–Crippen LogP) is 4.99. The lowest BCUT2D eigenvalue weighted by Crippen LogP contribution is -2.19. The number of halogens is 3. The number of benzene rings is 1. The van der Waals surface area contributed by atoms with E-state index in [1.807, 2.05) is 42.8 Å². The molecule has 1 aliphatic rings. The van der Waals surface area contributed by atoms with Gasteiger partial charge in [0.2, 0.25) is 0 Å². The fourth-order valence-electron chi connectivity index (χ4n) is 4.19. The second kappa shape index (κ2) is 8.31. The van der Waals surface area contributed by atoms with Gasteiger partial charge in [0.15, 0.2) is 17.5 Å². The van der Waals surface area contributed by atoms with Crippen LogP contribution in [0.3, 0.4) is 0 Å². The topological polar surface area (TPSA) is 61.4 Å². The third-order valence-electron chi connectivity index (χ3n) is 5.78. The van der Waals surface area contributed by atoms with Gasteiger partial charge in [0.25, 0.3) is 0 Å². The van der Waals surface area contributed by atoms with E-state index in [0.29, 0.717) is 30.7 Å². The van der Waals surface area contributed by atoms with E-state index < -0.39 is 23.4 Å². The van der Waals surface area contributed by atoms with Crippen molar-refractivity contribution in [1.29, 1.82) is 0 Å². The van der Waals surface area contributed by atoms with Crippen LogP contribution >= 0.6 is 0 Å². The molecule has 33 heavy (non-hydrogen) atoms. The van der Waals surface area contributed by atoms with E-state index in [1.165, 1.54) is 0 Å². The molecule has 0 N–H and O–H groups in total. The van der Waals surface area contributed by atoms with Crippen molar-refractivity contribution in [1.82, 2.24) is 29.3 Å². The molecule has 3 aromatic heterocycles. The average molecular weight is 450 g/mol. The Bertz CT molecular complexity index is 1370. The largest absolute Gasteiger partial charge is 0.304 e. The van der Waals surface area contributed by atoms with Gasteiger partial charge in [-0.2, -0.15) is 5.10 Å². The van der Waals surface area contributed by atoms with Crippen LogP contribution in [0.15, 0.2) is 36.8 Å². The summed E-state index contributed by atoms with van der Waals surface area (Å²) < 4.78 is 45.2. The molecule has 5 rings (SSSR count). The van der Waals surface area contributed by atoms with E-state index in [4.69, 9.17) is 0 Å². The fraction of sp³-hybridized carbons (Fsp3) is 0.250. The van der Waals surface area contributed by atoms with Gasteiger partial charge in [0, 0.05) is 30.3 Å². The van der Waals surface area contributed by atoms with Crippen LogP contribution in [0.25, 0.3) is 17.8 Å². The number of aryl methyl sites for hydroxylation is 3.